The van der Waals surface area contributed by atoms with Gasteiger partial charge in [0.2, 0.25) is 5.95 Å². The zero-order valence-corrected chi connectivity index (χ0v) is 20.9. The molecule has 1 aliphatic rings. The summed E-state index contributed by atoms with van der Waals surface area (Å²) in [6.45, 7) is 4.02. The Morgan fingerprint density at radius 1 is 1.15 bits per heavy atom. The molecule has 0 spiro atoms. The van der Waals surface area contributed by atoms with Crippen LogP contribution in [0.5, 0.6) is 5.75 Å². The van der Waals surface area contributed by atoms with Crippen LogP contribution in [0.25, 0.3) is 21.3 Å². The Balaban J connectivity index is 1.50. The molecule has 9 nitrogen and oxygen atoms in total. The second-order valence-corrected chi connectivity index (χ2v) is 11.6. The van der Waals surface area contributed by atoms with E-state index >= 15 is 0 Å². The summed E-state index contributed by atoms with van der Waals surface area (Å²) in [5.74, 6) is 0.957. The van der Waals surface area contributed by atoms with E-state index in [0.29, 0.717) is 11.7 Å². The molecule has 34 heavy (non-hydrogen) atoms. The second kappa shape index (κ2) is 8.88. The number of methoxy groups -OCH3 is 1. The lowest BCUT2D eigenvalue weighted by Crippen LogP contribution is -2.39. The number of benzene rings is 1. The van der Waals surface area contributed by atoms with Crippen molar-refractivity contribution in [1.29, 1.82) is 0 Å². The smallest absolute Gasteiger partial charge is 0.227 e. The van der Waals surface area contributed by atoms with E-state index in [1.165, 1.54) is 32.6 Å². The quantitative estimate of drug-likeness (QED) is 0.423. The van der Waals surface area contributed by atoms with Crippen LogP contribution in [0.15, 0.2) is 41.7 Å². The Hall–Kier alpha value is -3.18. The summed E-state index contributed by atoms with van der Waals surface area (Å²) in [5.41, 5.74) is 3.30. The van der Waals surface area contributed by atoms with Gasteiger partial charge in [0, 0.05) is 35.3 Å². The monoisotopic (exact) mass is 498 g/mol. The van der Waals surface area contributed by atoms with Crippen LogP contribution in [0.2, 0.25) is 0 Å². The second-order valence-electron chi connectivity index (χ2n) is 8.36. The van der Waals surface area contributed by atoms with Crippen molar-refractivity contribution in [2.75, 3.05) is 36.8 Å². The van der Waals surface area contributed by atoms with Gasteiger partial charge in [-0.05, 0) is 44.4 Å². The van der Waals surface area contributed by atoms with Gasteiger partial charge in [0.05, 0.1) is 46.5 Å². The molecule has 1 aromatic carbocycles. The molecular weight excluding hydrogens is 472 g/mol. The first-order valence-electron chi connectivity index (χ1n) is 11.0. The van der Waals surface area contributed by atoms with Crippen molar-refractivity contribution in [3.8, 4) is 16.9 Å². The number of sulfone groups is 1. The molecule has 0 aliphatic carbocycles. The molecule has 0 saturated carbocycles. The van der Waals surface area contributed by atoms with Crippen molar-refractivity contribution >= 4 is 43.0 Å². The summed E-state index contributed by atoms with van der Waals surface area (Å²) in [4.78, 5) is 12.4. The number of aromatic nitrogens is 4. The molecule has 0 amide bonds. The third kappa shape index (κ3) is 4.32. The molecule has 5 rings (SSSR count). The lowest BCUT2D eigenvalue weighted by Gasteiger charge is -2.27. The Bertz CT molecular complexity index is 1450. The zero-order chi connectivity index (χ0) is 23.9. The highest BCUT2D eigenvalue weighted by Gasteiger charge is 2.20. The predicted molar refractivity (Wildman–Crippen MR) is 135 cm³/mol. The Kier molecular flexibility index (Phi) is 5.90. The van der Waals surface area contributed by atoms with Gasteiger partial charge in [-0.15, -0.1) is 11.3 Å². The van der Waals surface area contributed by atoms with E-state index in [1.54, 1.807) is 41.9 Å². The van der Waals surface area contributed by atoms with E-state index in [1.807, 2.05) is 17.9 Å². The molecule has 178 valence electrons. The highest BCUT2D eigenvalue weighted by atomic mass is 32.2. The Morgan fingerprint density at radius 3 is 2.68 bits per heavy atom. The molecule has 11 heteroatoms. The van der Waals surface area contributed by atoms with Crippen LogP contribution in [-0.4, -0.2) is 54.7 Å². The fourth-order valence-electron chi connectivity index (χ4n) is 4.24. The number of ether oxygens (including phenoxy) is 1. The Labute approximate surface area is 202 Å². The third-order valence-electron chi connectivity index (χ3n) is 5.93. The van der Waals surface area contributed by atoms with Crippen LogP contribution in [0, 0.1) is 6.92 Å². The number of rotatable bonds is 6. The number of hydrogen-bond acceptors (Lipinski definition) is 9. The fourth-order valence-corrected chi connectivity index (χ4v) is 5.86. The molecule has 0 atom stereocenters. The minimum Gasteiger partial charge on any atom is -0.496 e. The zero-order valence-electron chi connectivity index (χ0n) is 19.3. The number of fused-ring (bicyclic) bond motifs is 1. The lowest BCUT2D eigenvalue weighted by molar-refractivity contribution is 0.415. The minimum absolute atomic E-state index is 0.216. The van der Waals surface area contributed by atoms with Gasteiger partial charge in [-0.1, -0.05) is 0 Å². The minimum atomic E-state index is -3.35. The predicted octanol–water partition coefficient (Wildman–Crippen LogP) is 4.14. The number of nitrogens with zero attached hydrogens (tertiary/aromatic N) is 5. The number of hydrogen-bond donors (Lipinski definition) is 1. The molecular formula is C23H26N6O3S2. The summed E-state index contributed by atoms with van der Waals surface area (Å²) in [6.07, 6.45) is 10.3. The van der Waals surface area contributed by atoms with Gasteiger partial charge in [0.1, 0.15) is 5.75 Å². The highest BCUT2D eigenvalue weighted by Crippen LogP contribution is 2.42. The first kappa shape index (κ1) is 22.6. The fraction of sp³-hybridized carbons (Fsp3) is 0.348. The van der Waals surface area contributed by atoms with Gasteiger partial charge < -0.3 is 10.1 Å². The van der Waals surface area contributed by atoms with Crippen molar-refractivity contribution in [2.24, 2.45) is 0 Å². The van der Waals surface area contributed by atoms with Crippen molar-refractivity contribution in [2.45, 2.75) is 31.1 Å². The lowest BCUT2D eigenvalue weighted by atomic mass is 10.0. The number of nitrogens with one attached hydrogen (secondary N) is 1. The summed E-state index contributed by atoms with van der Waals surface area (Å²) >= 11 is 1.59. The van der Waals surface area contributed by atoms with E-state index in [9.17, 15) is 8.42 Å². The average molecular weight is 499 g/mol. The van der Waals surface area contributed by atoms with Crippen LogP contribution < -0.4 is 15.1 Å². The molecule has 4 aromatic rings. The van der Waals surface area contributed by atoms with Crippen LogP contribution in [0.1, 0.15) is 24.1 Å². The van der Waals surface area contributed by atoms with Crippen LogP contribution in [0.3, 0.4) is 0 Å². The highest BCUT2D eigenvalue weighted by molar-refractivity contribution is 7.90. The molecule has 0 unspecified atom stereocenters. The van der Waals surface area contributed by atoms with Gasteiger partial charge in [-0.2, -0.15) is 9.89 Å². The largest absolute Gasteiger partial charge is 0.496 e. The molecule has 0 radical (unpaired) electrons. The molecule has 1 fully saturated rings. The molecule has 1 N–H and O–H groups in total. The van der Waals surface area contributed by atoms with Crippen molar-refractivity contribution < 1.29 is 13.2 Å². The average Bonchev–Trinajstić information content (AvgIpc) is 3.42. The maximum atomic E-state index is 12.0. The Morgan fingerprint density at radius 2 is 1.94 bits per heavy atom. The number of piperidine rings is 1. The van der Waals surface area contributed by atoms with E-state index < -0.39 is 9.84 Å². The normalized spacial score (nSPS) is 14.5. The van der Waals surface area contributed by atoms with Gasteiger partial charge in [-0.3, -0.25) is 5.01 Å². The number of anilines is 2. The summed E-state index contributed by atoms with van der Waals surface area (Å²) in [7, 11) is -1.81. The maximum absolute atomic E-state index is 12.0. The van der Waals surface area contributed by atoms with Crippen LogP contribution in [-0.2, 0) is 9.84 Å². The maximum Gasteiger partial charge on any atom is 0.227 e. The van der Waals surface area contributed by atoms with E-state index in [-0.39, 0.29) is 4.90 Å². The molecule has 1 aliphatic heterocycles. The third-order valence-corrected chi connectivity index (χ3v) is 8.06. The van der Waals surface area contributed by atoms with E-state index in [4.69, 9.17) is 9.72 Å². The number of thiophene rings is 1. The van der Waals surface area contributed by atoms with Crippen molar-refractivity contribution in [3.05, 3.63) is 41.7 Å². The summed E-state index contributed by atoms with van der Waals surface area (Å²) in [6, 6.07) is 4.94. The van der Waals surface area contributed by atoms with Gasteiger partial charge in [-0.25, -0.2) is 18.4 Å². The van der Waals surface area contributed by atoms with E-state index in [0.717, 1.165) is 45.0 Å². The molecule has 3 aromatic heterocycles. The van der Waals surface area contributed by atoms with E-state index in [2.05, 4.69) is 20.4 Å². The van der Waals surface area contributed by atoms with Crippen molar-refractivity contribution in [1.82, 2.24) is 19.9 Å². The van der Waals surface area contributed by atoms with Gasteiger partial charge >= 0.3 is 0 Å². The first-order valence-corrected chi connectivity index (χ1v) is 13.8. The summed E-state index contributed by atoms with van der Waals surface area (Å²) in [5, 5.41) is 9.97. The SMILES string of the molecule is COc1cc(S(C)(=O)=O)ccc1-c1c(C)sc2cnc(Nc3cnn(N4CCCCC4)c3)nc12. The number of aryl methyl sites for hydroxylation is 1. The standard InChI is InChI=1S/C23H26N6O3S2/c1-15-21(18-8-7-17(34(3,30)31)11-19(18)32-2)22-20(33-15)13-24-23(27-22)26-16-12-25-29(14-16)28-9-5-4-6-10-28/h7-8,11-14H,4-6,9-10H2,1-3H3,(H,24,26,27). The van der Waals surface area contributed by atoms with Crippen LogP contribution >= 0.6 is 11.3 Å². The first-order chi connectivity index (χ1) is 16.3. The molecule has 4 heterocycles. The van der Waals surface area contributed by atoms with Gasteiger partial charge in [0.25, 0.3) is 0 Å². The van der Waals surface area contributed by atoms with Gasteiger partial charge in [0.15, 0.2) is 9.84 Å². The van der Waals surface area contributed by atoms with Crippen LogP contribution in [0.4, 0.5) is 11.6 Å². The summed E-state index contributed by atoms with van der Waals surface area (Å²) < 4.78 is 30.5. The topological polar surface area (TPSA) is 102 Å². The molecule has 0 bridgehead atoms. The van der Waals surface area contributed by atoms with Crippen molar-refractivity contribution in [3.63, 3.8) is 0 Å². The molecule has 1 saturated heterocycles.